The van der Waals surface area contributed by atoms with Gasteiger partial charge in [-0.25, -0.2) is 13.2 Å². The Morgan fingerprint density at radius 3 is 2.53 bits per heavy atom. The topological polar surface area (TPSA) is 75.3 Å². The molecular weight excluding hydrogens is 240 g/mol. The number of anilines is 1. The quantitative estimate of drug-likeness (QED) is 0.826. The summed E-state index contributed by atoms with van der Waals surface area (Å²) < 4.78 is 22.4. The number of nitrogens with one attached hydrogen (secondary N) is 2. The van der Waals surface area contributed by atoms with Gasteiger partial charge in [-0.15, -0.1) is 0 Å². The smallest absolute Gasteiger partial charge is 0.319 e. The zero-order chi connectivity index (χ0) is 12.3. The maximum absolute atomic E-state index is 11.6. The van der Waals surface area contributed by atoms with E-state index in [2.05, 4.69) is 10.6 Å². The fourth-order valence-electron chi connectivity index (χ4n) is 1.78. The molecule has 0 saturated carbocycles. The van der Waals surface area contributed by atoms with Crippen LogP contribution in [0.3, 0.4) is 0 Å². The number of carbonyl (C=O) groups excluding carboxylic acids is 1. The molecule has 1 aromatic carbocycles. The number of hydrogen-bond acceptors (Lipinski definition) is 3. The summed E-state index contributed by atoms with van der Waals surface area (Å²) in [5.74, 6) is 0.193. The molecule has 17 heavy (non-hydrogen) atoms. The van der Waals surface area contributed by atoms with E-state index < -0.39 is 9.84 Å². The second-order valence-electron chi connectivity index (χ2n) is 4.06. The largest absolute Gasteiger partial charge is 0.334 e. The first kappa shape index (κ1) is 11.9. The molecule has 1 saturated heterocycles. The van der Waals surface area contributed by atoms with Gasteiger partial charge in [0.05, 0.1) is 11.5 Å². The molecule has 2 amide bonds. The summed E-state index contributed by atoms with van der Waals surface area (Å²) in [6.45, 7) is 0. The number of hydrogen-bond donors (Lipinski definition) is 2. The van der Waals surface area contributed by atoms with Crippen molar-refractivity contribution in [2.75, 3.05) is 16.8 Å². The molecule has 0 aliphatic carbocycles. The van der Waals surface area contributed by atoms with Gasteiger partial charge in [-0.2, -0.15) is 0 Å². The molecule has 6 heteroatoms. The van der Waals surface area contributed by atoms with E-state index in [0.29, 0.717) is 12.1 Å². The third-order valence-corrected chi connectivity index (χ3v) is 4.37. The predicted molar refractivity (Wildman–Crippen MR) is 65.7 cm³/mol. The summed E-state index contributed by atoms with van der Waals surface area (Å²) in [5.41, 5.74) is 0.686. The number of rotatable bonds is 2. The van der Waals surface area contributed by atoms with Crippen molar-refractivity contribution in [2.45, 2.75) is 12.5 Å². The monoisotopic (exact) mass is 254 g/mol. The summed E-state index contributed by atoms with van der Waals surface area (Å²) in [7, 11) is -2.96. The number of para-hydroxylation sites is 1. The molecule has 0 spiro atoms. The normalized spacial score (nSPS) is 22.0. The molecule has 0 radical (unpaired) electrons. The molecule has 1 aromatic rings. The molecule has 5 nitrogen and oxygen atoms in total. The van der Waals surface area contributed by atoms with Gasteiger partial charge in [0.15, 0.2) is 9.84 Å². The van der Waals surface area contributed by atoms with Gasteiger partial charge in [0.2, 0.25) is 0 Å². The number of sulfone groups is 1. The molecule has 1 fully saturated rings. The number of carbonyl (C=O) groups is 1. The Labute approximate surface area is 100 Å². The third-order valence-electron chi connectivity index (χ3n) is 2.60. The van der Waals surface area contributed by atoms with Crippen molar-refractivity contribution in [3.05, 3.63) is 30.3 Å². The highest BCUT2D eigenvalue weighted by Gasteiger charge is 2.28. The summed E-state index contributed by atoms with van der Waals surface area (Å²) in [6, 6.07) is 8.38. The van der Waals surface area contributed by atoms with Crippen LogP contribution in [0.5, 0.6) is 0 Å². The van der Waals surface area contributed by atoms with E-state index >= 15 is 0 Å². The van der Waals surface area contributed by atoms with E-state index in [1.807, 2.05) is 18.2 Å². The first-order valence-corrected chi connectivity index (χ1v) is 7.20. The van der Waals surface area contributed by atoms with Crippen molar-refractivity contribution < 1.29 is 13.2 Å². The maximum Gasteiger partial charge on any atom is 0.319 e. The number of urea groups is 1. The zero-order valence-electron chi connectivity index (χ0n) is 9.22. The Bertz CT molecular complexity index is 499. The van der Waals surface area contributed by atoms with Crippen LogP contribution in [-0.4, -0.2) is 32.0 Å². The molecule has 92 valence electrons. The van der Waals surface area contributed by atoms with E-state index in [1.54, 1.807) is 12.1 Å². The van der Waals surface area contributed by atoms with Crippen LogP contribution < -0.4 is 10.6 Å². The molecule has 1 aliphatic rings. The lowest BCUT2D eigenvalue weighted by molar-refractivity contribution is 0.249. The van der Waals surface area contributed by atoms with Crippen molar-refractivity contribution in [1.29, 1.82) is 0 Å². The van der Waals surface area contributed by atoms with Crippen LogP contribution in [0.25, 0.3) is 0 Å². The van der Waals surface area contributed by atoms with Crippen molar-refractivity contribution in [1.82, 2.24) is 5.32 Å². The third kappa shape index (κ3) is 3.45. The summed E-state index contributed by atoms with van der Waals surface area (Å²) in [4.78, 5) is 11.6. The van der Waals surface area contributed by atoms with Crippen LogP contribution in [0.4, 0.5) is 10.5 Å². The van der Waals surface area contributed by atoms with Crippen molar-refractivity contribution >= 4 is 21.6 Å². The van der Waals surface area contributed by atoms with Gasteiger partial charge in [-0.1, -0.05) is 18.2 Å². The highest BCUT2D eigenvalue weighted by atomic mass is 32.2. The Hall–Kier alpha value is -1.56. The second-order valence-corrected chi connectivity index (χ2v) is 6.29. The van der Waals surface area contributed by atoms with E-state index in [-0.39, 0.29) is 23.6 Å². The van der Waals surface area contributed by atoms with Crippen molar-refractivity contribution in [3.8, 4) is 0 Å². The lowest BCUT2D eigenvalue weighted by atomic mass is 10.3. The van der Waals surface area contributed by atoms with Gasteiger partial charge in [-0.05, 0) is 18.6 Å². The standard InChI is InChI=1S/C11H14N2O3S/c14-11(12-9-4-2-1-3-5-9)13-10-6-7-17(15,16)8-10/h1-5,10H,6-8H2,(H2,12,13,14)/t10-/m0/s1. The van der Waals surface area contributed by atoms with Gasteiger partial charge in [-0.3, -0.25) is 0 Å². The molecule has 0 bridgehead atoms. The SMILES string of the molecule is O=C(Nc1ccccc1)N[C@H]1CCS(=O)(=O)C1. The average Bonchev–Trinajstić information content (AvgIpc) is 2.59. The first-order valence-electron chi connectivity index (χ1n) is 5.38. The van der Waals surface area contributed by atoms with Gasteiger partial charge >= 0.3 is 6.03 Å². The molecule has 1 heterocycles. The summed E-state index contributed by atoms with van der Waals surface area (Å²) in [5, 5.41) is 5.31. The maximum atomic E-state index is 11.6. The molecule has 1 atom stereocenters. The molecule has 2 rings (SSSR count). The lowest BCUT2D eigenvalue weighted by Gasteiger charge is -2.11. The van der Waals surface area contributed by atoms with Gasteiger partial charge in [0.1, 0.15) is 0 Å². The Balaban J connectivity index is 1.87. The minimum absolute atomic E-state index is 0.0369. The molecule has 0 aromatic heterocycles. The Kier molecular flexibility index (Phi) is 3.33. The van der Waals surface area contributed by atoms with Crippen LogP contribution in [0.2, 0.25) is 0 Å². The van der Waals surface area contributed by atoms with Crippen LogP contribution in [0.15, 0.2) is 30.3 Å². The minimum Gasteiger partial charge on any atom is -0.334 e. The summed E-state index contributed by atoms with van der Waals surface area (Å²) in [6.07, 6.45) is 0.491. The molecular formula is C11H14N2O3S. The molecule has 0 unspecified atom stereocenters. The predicted octanol–water partition coefficient (Wildman–Crippen LogP) is 0.995. The van der Waals surface area contributed by atoms with Gasteiger partial charge < -0.3 is 10.6 Å². The number of amides is 2. The van der Waals surface area contributed by atoms with Crippen molar-refractivity contribution in [2.24, 2.45) is 0 Å². The minimum atomic E-state index is -2.96. The van der Waals surface area contributed by atoms with E-state index in [4.69, 9.17) is 0 Å². The lowest BCUT2D eigenvalue weighted by Crippen LogP contribution is -2.38. The Morgan fingerprint density at radius 2 is 1.94 bits per heavy atom. The molecule has 1 aliphatic heterocycles. The summed E-state index contributed by atoms with van der Waals surface area (Å²) >= 11 is 0. The van der Waals surface area contributed by atoms with Gasteiger partial charge in [0, 0.05) is 11.7 Å². The fraction of sp³-hybridized carbons (Fsp3) is 0.364. The van der Waals surface area contributed by atoms with E-state index in [1.165, 1.54) is 0 Å². The van der Waals surface area contributed by atoms with Crippen LogP contribution in [0.1, 0.15) is 6.42 Å². The van der Waals surface area contributed by atoms with Crippen LogP contribution >= 0.6 is 0 Å². The highest BCUT2D eigenvalue weighted by molar-refractivity contribution is 7.91. The first-order chi connectivity index (χ1) is 8.05. The second kappa shape index (κ2) is 4.75. The van der Waals surface area contributed by atoms with Crippen LogP contribution in [-0.2, 0) is 9.84 Å². The highest BCUT2D eigenvalue weighted by Crippen LogP contribution is 2.11. The average molecular weight is 254 g/mol. The van der Waals surface area contributed by atoms with E-state index in [0.717, 1.165) is 0 Å². The zero-order valence-corrected chi connectivity index (χ0v) is 10.0. The Morgan fingerprint density at radius 1 is 1.24 bits per heavy atom. The number of benzene rings is 1. The molecule has 2 N–H and O–H groups in total. The van der Waals surface area contributed by atoms with Crippen molar-refractivity contribution in [3.63, 3.8) is 0 Å². The van der Waals surface area contributed by atoms with E-state index in [9.17, 15) is 13.2 Å². The van der Waals surface area contributed by atoms with Crippen LogP contribution in [0, 0.1) is 0 Å². The fourth-order valence-corrected chi connectivity index (χ4v) is 3.46. The van der Waals surface area contributed by atoms with Gasteiger partial charge in [0.25, 0.3) is 0 Å².